The second-order valence-corrected chi connectivity index (χ2v) is 4.69. The van der Waals surface area contributed by atoms with Crippen molar-refractivity contribution in [3.8, 4) is 0 Å². The van der Waals surface area contributed by atoms with Crippen LogP contribution in [0.25, 0.3) is 0 Å². The molecule has 0 saturated carbocycles. The average molecular weight is 268 g/mol. The van der Waals surface area contributed by atoms with E-state index in [0.29, 0.717) is 18.7 Å². The van der Waals surface area contributed by atoms with Gasteiger partial charge in [0.1, 0.15) is 5.82 Å². The minimum absolute atomic E-state index is 0.0284. The molecule has 0 saturated heterocycles. The maximum atomic E-state index is 13.5. The monoisotopic (exact) mass is 268 g/mol. The molecule has 19 heavy (non-hydrogen) atoms. The molecule has 1 unspecified atom stereocenters. The van der Waals surface area contributed by atoms with E-state index in [1.807, 2.05) is 6.92 Å². The summed E-state index contributed by atoms with van der Waals surface area (Å²) in [6.07, 6.45) is 0. The van der Waals surface area contributed by atoms with Crippen LogP contribution in [0.2, 0.25) is 0 Å². The van der Waals surface area contributed by atoms with Gasteiger partial charge in [-0.25, -0.2) is 4.39 Å². The predicted molar refractivity (Wildman–Crippen MR) is 72.2 cm³/mol. The smallest absolute Gasteiger partial charge is 0.234 e. The zero-order chi connectivity index (χ0) is 14.3. The lowest BCUT2D eigenvalue weighted by Crippen LogP contribution is -2.41. The van der Waals surface area contributed by atoms with E-state index in [2.05, 4.69) is 5.32 Å². The number of hydrogen-bond acceptors (Lipinski definition) is 3. The zero-order valence-electron chi connectivity index (χ0n) is 11.6. The summed E-state index contributed by atoms with van der Waals surface area (Å²) in [4.78, 5) is 13.5. The minimum Gasteiger partial charge on any atom is -0.383 e. The van der Waals surface area contributed by atoms with E-state index in [1.54, 1.807) is 37.3 Å². The van der Waals surface area contributed by atoms with E-state index >= 15 is 0 Å². The fraction of sp³-hybridized carbons (Fsp3) is 0.500. The van der Waals surface area contributed by atoms with Crippen molar-refractivity contribution < 1.29 is 13.9 Å². The summed E-state index contributed by atoms with van der Waals surface area (Å²) in [5.41, 5.74) is 0.586. The molecule has 106 valence electrons. The van der Waals surface area contributed by atoms with Crippen molar-refractivity contribution in [1.29, 1.82) is 0 Å². The molecular weight excluding hydrogens is 247 g/mol. The van der Waals surface area contributed by atoms with Crippen molar-refractivity contribution in [2.24, 2.45) is 0 Å². The van der Waals surface area contributed by atoms with Gasteiger partial charge in [0, 0.05) is 25.3 Å². The number of methoxy groups -OCH3 is 1. The number of carbonyl (C=O) groups excluding carboxylic acids is 1. The van der Waals surface area contributed by atoms with Crippen LogP contribution in [0, 0.1) is 5.82 Å². The molecule has 1 rings (SSSR count). The predicted octanol–water partition coefficient (Wildman–Crippen LogP) is 1.41. The molecule has 0 aliphatic rings. The summed E-state index contributed by atoms with van der Waals surface area (Å²) >= 11 is 0. The van der Waals surface area contributed by atoms with Gasteiger partial charge in [-0.05, 0) is 20.0 Å². The maximum absolute atomic E-state index is 13.5. The summed E-state index contributed by atoms with van der Waals surface area (Å²) in [6, 6.07) is 6.55. The molecule has 0 radical (unpaired) electrons. The van der Waals surface area contributed by atoms with Gasteiger partial charge in [0.25, 0.3) is 0 Å². The van der Waals surface area contributed by atoms with E-state index in [0.717, 1.165) is 0 Å². The Kier molecular flexibility index (Phi) is 6.45. The Labute approximate surface area is 113 Å². The van der Waals surface area contributed by atoms with Crippen molar-refractivity contribution in [1.82, 2.24) is 10.2 Å². The van der Waals surface area contributed by atoms with Gasteiger partial charge in [0.2, 0.25) is 5.91 Å². The molecule has 0 spiro atoms. The van der Waals surface area contributed by atoms with E-state index in [1.165, 1.54) is 6.07 Å². The Hall–Kier alpha value is -1.46. The number of amides is 1. The van der Waals surface area contributed by atoms with E-state index in [-0.39, 0.29) is 24.3 Å². The molecule has 0 aliphatic carbocycles. The standard InChI is InChI=1S/C14H21FN2O2/c1-11(10-19-3)16-14(18)9-17(2)8-12-6-4-5-7-13(12)15/h4-7,11H,8-10H2,1-3H3,(H,16,18). The third-order valence-corrected chi connectivity index (χ3v) is 2.64. The van der Waals surface area contributed by atoms with Crippen LogP contribution in [0.15, 0.2) is 24.3 Å². The zero-order valence-corrected chi connectivity index (χ0v) is 11.6. The molecule has 4 nitrogen and oxygen atoms in total. The molecule has 0 aliphatic heterocycles. The van der Waals surface area contributed by atoms with Gasteiger partial charge in [-0.2, -0.15) is 0 Å². The van der Waals surface area contributed by atoms with Crippen LogP contribution >= 0.6 is 0 Å². The van der Waals surface area contributed by atoms with Crippen molar-refractivity contribution >= 4 is 5.91 Å². The normalized spacial score (nSPS) is 12.5. The van der Waals surface area contributed by atoms with Crippen LogP contribution in [0.5, 0.6) is 0 Å². The first kappa shape index (κ1) is 15.6. The van der Waals surface area contributed by atoms with E-state index in [4.69, 9.17) is 4.74 Å². The number of rotatable bonds is 7. The summed E-state index contributed by atoms with van der Waals surface area (Å²) in [5.74, 6) is -0.342. The number of hydrogen-bond donors (Lipinski definition) is 1. The molecule has 1 aromatic carbocycles. The van der Waals surface area contributed by atoms with Crippen molar-refractivity contribution in [2.75, 3.05) is 27.3 Å². The molecule has 0 fully saturated rings. The fourth-order valence-corrected chi connectivity index (χ4v) is 1.83. The first-order valence-electron chi connectivity index (χ1n) is 6.23. The second kappa shape index (κ2) is 7.86. The third-order valence-electron chi connectivity index (χ3n) is 2.64. The van der Waals surface area contributed by atoms with E-state index in [9.17, 15) is 9.18 Å². The molecule has 0 aromatic heterocycles. The van der Waals surface area contributed by atoms with Crippen LogP contribution in [-0.4, -0.2) is 44.2 Å². The van der Waals surface area contributed by atoms with Gasteiger partial charge in [0.05, 0.1) is 13.2 Å². The molecule has 0 heterocycles. The van der Waals surface area contributed by atoms with Gasteiger partial charge in [0.15, 0.2) is 0 Å². The first-order chi connectivity index (χ1) is 9.02. The highest BCUT2D eigenvalue weighted by Gasteiger charge is 2.11. The summed E-state index contributed by atoms with van der Waals surface area (Å²) < 4.78 is 18.4. The quantitative estimate of drug-likeness (QED) is 0.813. The van der Waals surface area contributed by atoms with Gasteiger partial charge >= 0.3 is 0 Å². The van der Waals surface area contributed by atoms with Crippen LogP contribution < -0.4 is 5.32 Å². The highest BCUT2D eigenvalue weighted by molar-refractivity contribution is 5.78. The van der Waals surface area contributed by atoms with Gasteiger partial charge in [-0.3, -0.25) is 9.69 Å². The lowest BCUT2D eigenvalue weighted by Gasteiger charge is -2.19. The minimum atomic E-state index is -0.248. The lowest BCUT2D eigenvalue weighted by atomic mass is 10.2. The van der Waals surface area contributed by atoms with Crippen LogP contribution in [-0.2, 0) is 16.1 Å². The SMILES string of the molecule is COCC(C)NC(=O)CN(C)Cc1ccccc1F. The molecule has 5 heteroatoms. The van der Waals surface area contributed by atoms with Crippen molar-refractivity contribution in [3.63, 3.8) is 0 Å². The molecular formula is C14H21FN2O2. The average Bonchev–Trinajstić information content (AvgIpc) is 2.31. The topological polar surface area (TPSA) is 41.6 Å². The van der Waals surface area contributed by atoms with Crippen molar-refractivity contribution in [3.05, 3.63) is 35.6 Å². The number of ether oxygens (including phenoxy) is 1. The number of benzene rings is 1. The Balaban J connectivity index is 2.41. The van der Waals surface area contributed by atoms with Gasteiger partial charge in [-0.1, -0.05) is 18.2 Å². The Morgan fingerprint density at radius 3 is 2.79 bits per heavy atom. The summed E-state index contributed by atoms with van der Waals surface area (Å²) in [7, 11) is 3.37. The van der Waals surface area contributed by atoms with Crippen molar-refractivity contribution in [2.45, 2.75) is 19.5 Å². The summed E-state index contributed by atoms with van der Waals surface area (Å²) in [6.45, 7) is 2.97. The number of nitrogens with zero attached hydrogens (tertiary/aromatic N) is 1. The summed E-state index contributed by atoms with van der Waals surface area (Å²) in [5, 5.41) is 2.81. The van der Waals surface area contributed by atoms with E-state index < -0.39 is 0 Å². The number of nitrogens with one attached hydrogen (secondary N) is 1. The molecule has 1 aromatic rings. The molecule has 1 atom stereocenters. The highest BCUT2D eigenvalue weighted by Crippen LogP contribution is 2.08. The highest BCUT2D eigenvalue weighted by atomic mass is 19.1. The lowest BCUT2D eigenvalue weighted by molar-refractivity contribution is -0.123. The molecule has 0 bridgehead atoms. The Morgan fingerprint density at radius 2 is 2.16 bits per heavy atom. The first-order valence-corrected chi connectivity index (χ1v) is 6.23. The maximum Gasteiger partial charge on any atom is 0.234 e. The Bertz CT molecular complexity index is 412. The molecule has 1 N–H and O–H groups in total. The van der Waals surface area contributed by atoms with Crippen LogP contribution in [0.4, 0.5) is 4.39 Å². The van der Waals surface area contributed by atoms with Crippen LogP contribution in [0.3, 0.4) is 0 Å². The van der Waals surface area contributed by atoms with Gasteiger partial charge < -0.3 is 10.1 Å². The van der Waals surface area contributed by atoms with Crippen LogP contribution in [0.1, 0.15) is 12.5 Å². The van der Waals surface area contributed by atoms with Gasteiger partial charge in [-0.15, -0.1) is 0 Å². The Morgan fingerprint density at radius 1 is 1.47 bits per heavy atom. The fourth-order valence-electron chi connectivity index (χ4n) is 1.83. The number of likely N-dealkylation sites (N-methyl/N-ethyl adjacent to an activating group) is 1. The second-order valence-electron chi connectivity index (χ2n) is 4.69. The number of halogens is 1. The number of carbonyl (C=O) groups is 1. The molecule has 1 amide bonds. The third kappa shape index (κ3) is 5.81. The largest absolute Gasteiger partial charge is 0.383 e.